The van der Waals surface area contributed by atoms with E-state index < -0.39 is 0 Å². The van der Waals surface area contributed by atoms with Crippen molar-refractivity contribution in [2.75, 3.05) is 38.2 Å². The summed E-state index contributed by atoms with van der Waals surface area (Å²) in [7, 11) is 1.54. The lowest BCUT2D eigenvalue weighted by atomic mass is 10.0. The molecule has 0 spiro atoms. The number of guanidine groups is 1. The second-order valence-electron chi connectivity index (χ2n) is 7.39. The Morgan fingerprint density at radius 1 is 1.29 bits per heavy atom. The van der Waals surface area contributed by atoms with Gasteiger partial charge in [-0.05, 0) is 56.0 Å². The summed E-state index contributed by atoms with van der Waals surface area (Å²) in [4.78, 5) is 6.89. The molecule has 8 heteroatoms. The molecule has 31 heavy (non-hydrogen) atoms. The first-order chi connectivity index (χ1) is 14.6. The first-order valence-electron chi connectivity index (χ1n) is 10.5. The van der Waals surface area contributed by atoms with Gasteiger partial charge in [0.15, 0.2) is 17.5 Å². The largest absolute Gasteiger partial charge is 0.504 e. The predicted molar refractivity (Wildman–Crippen MR) is 135 cm³/mol. The van der Waals surface area contributed by atoms with E-state index in [1.165, 1.54) is 6.07 Å². The van der Waals surface area contributed by atoms with Gasteiger partial charge in [0, 0.05) is 37.9 Å². The number of phenolic OH excluding ortho intramolecular Hbond substituents is 1. The smallest absolute Gasteiger partial charge is 0.191 e. The summed E-state index contributed by atoms with van der Waals surface area (Å²) in [6, 6.07) is 12.5. The number of ether oxygens (including phenoxy) is 1. The van der Waals surface area contributed by atoms with Crippen LogP contribution in [0.5, 0.6) is 11.5 Å². The summed E-state index contributed by atoms with van der Waals surface area (Å²) in [6.07, 6.45) is 2.68. The Labute approximate surface area is 200 Å². The number of aliphatic imine (C=N–C) groups is 1. The average molecular weight is 542 g/mol. The van der Waals surface area contributed by atoms with Gasteiger partial charge in [0.25, 0.3) is 0 Å². The standard InChI is InChI=1S/C23H31FN4O2.HI/c1-3-25-23(26-13-12-17-7-4-11-21(30-2)22(17)29)27-19-9-6-14-28(16-19)20-10-5-8-18(24)15-20;/h4-5,7-8,10-11,15,19,29H,3,6,9,12-14,16H2,1-2H3,(H2,25,26,27);1H. The van der Waals surface area contributed by atoms with Gasteiger partial charge in [-0.25, -0.2) is 4.39 Å². The number of hydrogen-bond acceptors (Lipinski definition) is 4. The minimum absolute atomic E-state index is 0. The maximum Gasteiger partial charge on any atom is 0.191 e. The summed E-state index contributed by atoms with van der Waals surface area (Å²) >= 11 is 0. The van der Waals surface area contributed by atoms with Crippen LogP contribution in [0, 0.1) is 5.82 Å². The van der Waals surface area contributed by atoms with Gasteiger partial charge in [-0.3, -0.25) is 4.99 Å². The van der Waals surface area contributed by atoms with Crippen LogP contribution in [0.1, 0.15) is 25.3 Å². The van der Waals surface area contributed by atoms with Gasteiger partial charge in [0.1, 0.15) is 5.82 Å². The maximum atomic E-state index is 13.6. The fourth-order valence-electron chi connectivity index (χ4n) is 3.74. The molecular formula is C23H32FIN4O2. The van der Waals surface area contributed by atoms with Crippen molar-refractivity contribution >= 4 is 35.6 Å². The summed E-state index contributed by atoms with van der Waals surface area (Å²) in [5.74, 6) is 1.19. The molecule has 1 fully saturated rings. The molecule has 170 valence electrons. The van der Waals surface area contributed by atoms with Crippen molar-refractivity contribution in [3.8, 4) is 11.5 Å². The van der Waals surface area contributed by atoms with Crippen LogP contribution in [-0.2, 0) is 6.42 Å². The SMILES string of the molecule is CCNC(=NCCc1cccc(OC)c1O)NC1CCCN(c2cccc(F)c2)C1.I. The molecule has 2 aromatic carbocycles. The lowest BCUT2D eigenvalue weighted by Gasteiger charge is -2.35. The van der Waals surface area contributed by atoms with Crippen molar-refractivity contribution in [1.82, 2.24) is 10.6 Å². The zero-order chi connectivity index (χ0) is 21.3. The summed E-state index contributed by atoms with van der Waals surface area (Å²) < 4.78 is 18.8. The molecule has 1 unspecified atom stereocenters. The third-order valence-electron chi connectivity index (χ3n) is 5.23. The Morgan fingerprint density at radius 3 is 2.84 bits per heavy atom. The van der Waals surface area contributed by atoms with Crippen LogP contribution in [0.4, 0.5) is 10.1 Å². The molecule has 3 N–H and O–H groups in total. The third kappa shape index (κ3) is 7.15. The summed E-state index contributed by atoms with van der Waals surface area (Å²) in [5, 5.41) is 17.0. The molecule has 1 aliphatic rings. The van der Waals surface area contributed by atoms with Gasteiger partial charge in [-0.1, -0.05) is 18.2 Å². The Morgan fingerprint density at radius 2 is 2.10 bits per heavy atom. The number of hydrogen-bond donors (Lipinski definition) is 3. The quantitative estimate of drug-likeness (QED) is 0.281. The van der Waals surface area contributed by atoms with E-state index in [1.54, 1.807) is 25.3 Å². The number of halogens is 2. The fourth-order valence-corrected chi connectivity index (χ4v) is 3.74. The van der Waals surface area contributed by atoms with Gasteiger partial charge >= 0.3 is 0 Å². The molecule has 0 aliphatic carbocycles. The molecule has 0 bridgehead atoms. The van der Waals surface area contributed by atoms with E-state index in [0.717, 1.165) is 49.7 Å². The number of benzene rings is 2. The van der Waals surface area contributed by atoms with Crippen molar-refractivity contribution in [2.24, 2.45) is 4.99 Å². The monoisotopic (exact) mass is 542 g/mol. The molecular weight excluding hydrogens is 510 g/mol. The normalized spacial score (nSPS) is 16.4. The summed E-state index contributed by atoms with van der Waals surface area (Å²) in [6.45, 7) is 5.05. The molecule has 0 aromatic heterocycles. The molecule has 0 saturated carbocycles. The van der Waals surface area contributed by atoms with Crippen LogP contribution in [0.3, 0.4) is 0 Å². The zero-order valence-corrected chi connectivity index (χ0v) is 20.4. The van der Waals surface area contributed by atoms with Crippen molar-refractivity contribution in [3.63, 3.8) is 0 Å². The molecule has 1 heterocycles. The fraction of sp³-hybridized carbons (Fsp3) is 0.435. The molecule has 0 radical (unpaired) electrons. The molecule has 0 amide bonds. The van der Waals surface area contributed by atoms with Crippen LogP contribution in [0.15, 0.2) is 47.5 Å². The number of piperidine rings is 1. The van der Waals surface area contributed by atoms with Gasteiger partial charge in [-0.2, -0.15) is 0 Å². The molecule has 1 saturated heterocycles. The number of phenols is 1. The average Bonchev–Trinajstić information content (AvgIpc) is 2.75. The van der Waals surface area contributed by atoms with Crippen LogP contribution in [0.2, 0.25) is 0 Å². The highest BCUT2D eigenvalue weighted by molar-refractivity contribution is 14.0. The number of rotatable bonds is 7. The second kappa shape index (κ2) is 12.6. The first-order valence-corrected chi connectivity index (χ1v) is 10.5. The topological polar surface area (TPSA) is 69.1 Å². The van der Waals surface area contributed by atoms with Crippen LogP contribution in [-0.4, -0.2) is 50.4 Å². The van der Waals surface area contributed by atoms with Gasteiger partial charge in [-0.15, -0.1) is 24.0 Å². The lowest BCUT2D eigenvalue weighted by molar-refractivity contribution is 0.370. The molecule has 3 rings (SSSR count). The number of nitrogens with one attached hydrogen (secondary N) is 2. The third-order valence-corrected chi connectivity index (χ3v) is 5.23. The highest BCUT2D eigenvalue weighted by atomic mass is 127. The van der Waals surface area contributed by atoms with Crippen molar-refractivity contribution in [2.45, 2.75) is 32.2 Å². The number of anilines is 1. The molecule has 1 aliphatic heterocycles. The zero-order valence-electron chi connectivity index (χ0n) is 18.1. The lowest BCUT2D eigenvalue weighted by Crippen LogP contribution is -2.51. The Hall–Kier alpha value is -2.23. The number of nitrogens with zero attached hydrogens (tertiary/aromatic N) is 2. The van der Waals surface area contributed by atoms with Gasteiger partial charge in [0.05, 0.1) is 7.11 Å². The Balaban J connectivity index is 0.00000341. The maximum absolute atomic E-state index is 13.6. The van der Waals surface area contributed by atoms with Crippen LogP contribution >= 0.6 is 24.0 Å². The predicted octanol–water partition coefficient (Wildman–Crippen LogP) is 3.92. The Kier molecular flexibility index (Phi) is 10.2. The van der Waals surface area contributed by atoms with E-state index in [0.29, 0.717) is 18.7 Å². The van der Waals surface area contributed by atoms with Crippen molar-refractivity contribution in [1.29, 1.82) is 0 Å². The van der Waals surface area contributed by atoms with Crippen LogP contribution < -0.4 is 20.3 Å². The minimum atomic E-state index is -0.210. The molecule has 2 aromatic rings. The molecule has 1 atom stereocenters. The van der Waals surface area contributed by atoms with Crippen molar-refractivity contribution < 1.29 is 14.2 Å². The van der Waals surface area contributed by atoms with E-state index in [9.17, 15) is 9.50 Å². The minimum Gasteiger partial charge on any atom is -0.504 e. The van der Waals surface area contributed by atoms with Gasteiger partial charge < -0.3 is 25.4 Å². The Bertz CT molecular complexity index is 865. The van der Waals surface area contributed by atoms with E-state index >= 15 is 0 Å². The van der Waals surface area contributed by atoms with Gasteiger partial charge in [0.2, 0.25) is 0 Å². The highest BCUT2D eigenvalue weighted by Gasteiger charge is 2.21. The van der Waals surface area contributed by atoms with E-state index in [2.05, 4.69) is 20.5 Å². The highest BCUT2D eigenvalue weighted by Crippen LogP contribution is 2.29. The number of methoxy groups -OCH3 is 1. The first kappa shape index (κ1) is 25.0. The second-order valence-corrected chi connectivity index (χ2v) is 7.39. The van der Waals surface area contributed by atoms with E-state index in [4.69, 9.17) is 4.74 Å². The van der Waals surface area contributed by atoms with E-state index in [1.807, 2.05) is 25.1 Å². The molecule has 6 nitrogen and oxygen atoms in total. The summed E-state index contributed by atoms with van der Waals surface area (Å²) in [5.41, 5.74) is 1.72. The van der Waals surface area contributed by atoms with Crippen molar-refractivity contribution in [3.05, 3.63) is 53.8 Å². The van der Waals surface area contributed by atoms with E-state index in [-0.39, 0.29) is 41.6 Å². The number of aromatic hydroxyl groups is 1. The van der Waals surface area contributed by atoms with Crippen LogP contribution in [0.25, 0.3) is 0 Å². The number of para-hydroxylation sites is 1.